The van der Waals surface area contributed by atoms with Crippen LogP contribution in [0, 0.1) is 5.82 Å². The number of carbonyl (C=O) groups is 1. The number of anilines is 1. The van der Waals surface area contributed by atoms with E-state index in [1.807, 2.05) is 0 Å². The van der Waals surface area contributed by atoms with Crippen molar-refractivity contribution in [3.05, 3.63) is 53.6 Å². The van der Waals surface area contributed by atoms with Crippen LogP contribution in [0.1, 0.15) is 16.1 Å². The molecule has 0 saturated carbocycles. The number of hydrogen-bond acceptors (Lipinski definition) is 4. The number of halogens is 1. The molecule has 0 radical (unpaired) electrons. The van der Waals surface area contributed by atoms with E-state index in [1.54, 1.807) is 18.2 Å². The summed E-state index contributed by atoms with van der Waals surface area (Å²) in [5, 5.41) is 0. The van der Waals surface area contributed by atoms with Crippen molar-refractivity contribution >= 4 is 11.5 Å². The summed E-state index contributed by atoms with van der Waals surface area (Å²) in [6.45, 7) is 0. The summed E-state index contributed by atoms with van der Waals surface area (Å²) >= 11 is 0. The van der Waals surface area contributed by atoms with Gasteiger partial charge in [0.2, 0.25) is 0 Å². The van der Waals surface area contributed by atoms with Crippen molar-refractivity contribution in [2.24, 2.45) is 0 Å². The van der Waals surface area contributed by atoms with Crippen LogP contribution in [0.2, 0.25) is 0 Å². The number of ketones is 1. The van der Waals surface area contributed by atoms with E-state index < -0.39 is 5.82 Å². The fourth-order valence-corrected chi connectivity index (χ4v) is 1.74. The molecule has 0 unspecified atom stereocenters. The molecule has 1 aromatic heterocycles. The summed E-state index contributed by atoms with van der Waals surface area (Å²) in [4.78, 5) is 15.9. The van der Waals surface area contributed by atoms with Crippen molar-refractivity contribution in [2.75, 3.05) is 12.8 Å². The molecule has 19 heavy (non-hydrogen) atoms. The highest BCUT2D eigenvalue weighted by Gasteiger charge is 2.13. The maximum atomic E-state index is 13.5. The lowest BCUT2D eigenvalue weighted by Gasteiger charge is -2.06. The minimum absolute atomic E-state index is 0.0438. The van der Waals surface area contributed by atoms with E-state index in [2.05, 4.69) is 4.98 Å². The minimum atomic E-state index is -0.498. The molecule has 0 bridgehead atoms. The third-order valence-electron chi connectivity index (χ3n) is 2.68. The Hall–Kier alpha value is -2.43. The molecule has 2 N–H and O–H groups in total. The number of Topliss-reactive ketones (excluding diaryl/α,β-unsaturated/α-hetero) is 1. The van der Waals surface area contributed by atoms with Crippen LogP contribution in [-0.4, -0.2) is 17.9 Å². The Bertz CT molecular complexity index is 614. The molecule has 1 heterocycles. The molecule has 0 spiro atoms. The van der Waals surface area contributed by atoms with Crippen LogP contribution >= 0.6 is 0 Å². The Morgan fingerprint density at radius 2 is 2.21 bits per heavy atom. The van der Waals surface area contributed by atoms with E-state index in [4.69, 9.17) is 10.5 Å². The Labute approximate surface area is 110 Å². The molecule has 0 aliphatic heterocycles. The van der Waals surface area contributed by atoms with Crippen LogP contribution in [-0.2, 0) is 6.42 Å². The monoisotopic (exact) mass is 260 g/mol. The number of hydrogen-bond donors (Lipinski definition) is 1. The second-order valence-corrected chi connectivity index (χ2v) is 4.01. The van der Waals surface area contributed by atoms with E-state index in [0.29, 0.717) is 11.3 Å². The van der Waals surface area contributed by atoms with Gasteiger partial charge >= 0.3 is 0 Å². The fourth-order valence-electron chi connectivity index (χ4n) is 1.74. The van der Waals surface area contributed by atoms with E-state index in [9.17, 15) is 9.18 Å². The van der Waals surface area contributed by atoms with E-state index in [-0.39, 0.29) is 23.6 Å². The number of ether oxygens (including phenoxy) is 1. The number of nitrogens with two attached hydrogens (primary N) is 1. The molecular weight excluding hydrogens is 247 g/mol. The summed E-state index contributed by atoms with van der Waals surface area (Å²) in [6, 6.07) is 7.66. The van der Waals surface area contributed by atoms with Crippen molar-refractivity contribution < 1.29 is 13.9 Å². The van der Waals surface area contributed by atoms with Gasteiger partial charge in [0, 0.05) is 12.6 Å². The maximum absolute atomic E-state index is 13.5. The van der Waals surface area contributed by atoms with Crippen molar-refractivity contribution in [3.63, 3.8) is 0 Å². The Morgan fingerprint density at radius 3 is 2.84 bits per heavy atom. The highest BCUT2D eigenvalue weighted by atomic mass is 19.1. The van der Waals surface area contributed by atoms with Gasteiger partial charge in [0.15, 0.2) is 17.3 Å². The van der Waals surface area contributed by atoms with Gasteiger partial charge in [-0.2, -0.15) is 0 Å². The second kappa shape index (κ2) is 5.48. The van der Waals surface area contributed by atoms with Crippen LogP contribution in [0.3, 0.4) is 0 Å². The molecule has 2 aromatic rings. The van der Waals surface area contributed by atoms with Gasteiger partial charge in [0.25, 0.3) is 0 Å². The minimum Gasteiger partial charge on any atom is -0.494 e. The second-order valence-electron chi connectivity index (χ2n) is 4.01. The zero-order valence-corrected chi connectivity index (χ0v) is 10.4. The summed E-state index contributed by atoms with van der Waals surface area (Å²) < 4.78 is 18.3. The van der Waals surface area contributed by atoms with Gasteiger partial charge in [0.1, 0.15) is 5.69 Å². The number of carbonyl (C=O) groups excluding carboxylic acids is 1. The lowest BCUT2D eigenvalue weighted by Crippen LogP contribution is -2.09. The van der Waals surface area contributed by atoms with Gasteiger partial charge in [-0.3, -0.25) is 9.78 Å². The lowest BCUT2D eigenvalue weighted by molar-refractivity contribution is 0.0989. The van der Waals surface area contributed by atoms with Crippen molar-refractivity contribution in [2.45, 2.75) is 6.42 Å². The number of nitrogens with zero attached hydrogens (tertiary/aromatic N) is 1. The third-order valence-corrected chi connectivity index (χ3v) is 2.68. The molecule has 0 atom stereocenters. The number of pyridine rings is 1. The van der Waals surface area contributed by atoms with Crippen molar-refractivity contribution in [1.29, 1.82) is 0 Å². The van der Waals surface area contributed by atoms with Gasteiger partial charge in [-0.1, -0.05) is 6.07 Å². The molecule has 98 valence electrons. The molecule has 0 aliphatic rings. The topological polar surface area (TPSA) is 65.2 Å². The first-order chi connectivity index (χ1) is 9.11. The van der Waals surface area contributed by atoms with E-state index >= 15 is 0 Å². The lowest BCUT2D eigenvalue weighted by atomic mass is 10.1. The molecule has 0 aliphatic carbocycles. The number of nitrogen functional groups attached to an aromatic ring is 1. The number of rotatable bonds is 4. The van der Waals surface area contributed by atoms with Crippen molar-refractivity contribution in [1.82, 2.24) is 4.98 Å². The smallest absolute Gasteiger partial charge is 0.187 e. The Morgan fingerprint density at radius 1 is 1.42 bits per heavy atom. The number of benzene rings is 1. The van der Waals surface area contributed by atoms with Crippen LogP contribution in [0.25, 0.3) is 0 Å². The molecule has 2 rings (SSSR count). The van der Waals surface area contributed by atoms with Gasteiger partial charge in [-0.05, 0) is 29.8 Å². The van der Waals surface area contributed by atoms with Crippen molar-refractivity contribution in [3.8, 4) is 5.75 Å². The normalized spacial score (nSPS) is 10.2. The van der Waals surface area contributed by atoms with Crippen LogP contribution < -0.4 is 10.5 Å². The summed E-state index contributed by atoms with van der Waals surface area (Å²) in [6.07, 6.45) is 1.54. The quantitative estimate of drug-likeness (QED) is 0.856. The van der Waals surface area contributed by atoms with Gasteiger partial charge in [-0.15, -0.1) is 0 Å². The standard InChI is InChI=1S/C14H13FN2O2/c1-19-13-5-4-9(7-10(13)15)8-12(18)14-11(16)3-2-6-17-14/h2-7H,8,16H2,1H3. The summed E-state index contributed by atoms with van der Waals surface area (Å²) in [7, 11) is 1.39. The molecule has 1 aromatic carbocycles. The predicted octanol–water partition coefficient (Wildman–Crippen LogP) is 2.24. The summed E-state index contributed by atoms with van der Waals surface area (Å²) in [5.41, 5.74) is 6.75. The van der Waals surface area contributed by atoms with Crippen LogP contribution in [0.15, 0.2) is 36.5 Å². The third kappa shape index (κ3) is 2.88. The average molecular weight is 260 g/mol. The SMILES string of the molecule is COc1ccc(CC(=O)c2ncccc2N)cc1F. The number of methoxy groups -OCH3 is 1. The highest BCUT2D eigenvalue weighted by Crippen LogP contribution is 2.19. The molecule has 4 nitrogen and oxygen atoms in total. The first-order valence-corrected chi connectivity index (χ1v) is 5.68. The van der Waals surface area contributed by atoms with E-state index in [1.165, 1.54) is 25.4 Å². The Kier molecular flexibility index (Phi) is 3.75. The zero-order valence-electron chi connectivity index (χ0n) is 10.4. The zero-order chi connectivity index (χ0) is 13.8. The molecule has 0 saturated heterocycles. The maximum Gasteiger partial charge on any atom is 0.187 e. The van der Waals surface area contributed by atoms with Gasteiger partial charge in [0.05, 0.1) is 12.8 Å². The molecule has 0 fully saturated rings. The molecular formula is C14H13FN2O2. The number of aromatic nitrogens is 1. The largest absolute Gasteiger partial charge is 0.494 e. The highest BCUT2D eigenvalue weighted by molar-refractivity contribution is 5.99. The summed E-state index contributed by atoms with van der Waals surface area (Å²) in [5.74, 6) is -0.599. The van der Waals surface area contributed by atoms with E-state index in [0.717, 1.165) is 0 Å². The molecule has 0 amide bonds. The van der Waals surface area contributed by atoms with Crippen LogP contribution in [0.5, 0.6) is 5.75 Å². The molecule has 5 heteroatoms. The fraction of sp³-hybridized carbons (Fsp3) is 0.143. The first kappa shape index (κ1) is 13.0. The van der Waals surface area contributed by atoms with Gasteiger partial charge in [-0.25, -0.2) is 4.39 Å². The predicted molar refractivity (Wildman–Crippen MR) is 69.6 cm³/mol. The van der Waals surface area contributed by atoms with Crippen LogP contribution in [0.4, 0.5) is 10.1 Å². The van der Waals surface area contributed by atoms with Gasteiger partial charge < -0.3 is 10.5 Å². The Balaban J connectivity index is 2.20. The first-order valence-electron chi connectivity index (χ1n) is 5.68. The average Bonchev–Trinajstić information content (AvgIpc) is 2.39.